The van der Waals surface area contributed by atoms with Gasteiger partial charge in [0.2, 0.25) is 11.8 Å². The third kappa shape index (κ3) is 6.89. The highest BCUT2D eigenvalue weighted by Gasteiger charge is 2.35. The van der Waals surface area contributed by atoms with Gasteiger partial charge in [-0.05, 0) is 42.8 Å². The number of anilines is 1. The predicted octanol–water partition coefficient (Wildman–Crippen LogP) is 3.66. The third-order valence-corrected chi connectivity index (χ3v) is 7.19. The normalized spacial score (nSPS) is 16.8. The number of amides is 2. The Kier molecular flexibility index (Phi) is 7.92. The number of carbonyl (C=O) groups excluding carboxylic acids is 2. The molecule has 2 aromatic rings. The Morgan fingerprint density at radius 3 is 2.55 bits per heavy atom. The maximum absolute atomic E-state index is 13.4. The van der Waals surface area contributed by atoms with Gasteiger partial charge < -0.3 is 20.4 Å². The first-order valence-corrected chi connectivity index (χ1v) is 12.0. The lowest BCUT2D eigenvalue weighted by Gasteiger charge is -2.28. The van der Waals surface area contributed by atoms with Crippen molar-refractivity contribution in [3.63, 3.8) is 0 Å². The van der Waals surface area contributed by atoms with Gasteiger partial charge in [0.1, 0.15) is 17.4 Å². The molecule has 3 rings (SSSR count). The van der Waals surface area contributed by atoms with Crippen LogP contribution in [0.4, 0.5) is 27.6 Å². The Morgan fingerprint density at radius 2 is 1.91 bits per heavy atom. The lowest BCUT2D eigenvalue weighted by atomic mass is 10.1. The van der Waals surface area contributed by atoms with Crippen LogP contribution in [0.1, 0.15) is 12.0 Å². The molecule has 2 amide bonds. The van der Waals surface area contributed by atoms with E-state index in [1.165, 1.54) is 12.1 Å². The SMILES string of the molecule is O=C(COc1ccc(Cl)c(F)c1)N[Si]1CC[C@H](C(=O)Nc2ccc(F)c(C(F)(F)F)c2)NC1. The Morgan fingerprint density at radius 1 is 1.15 bits per heavy atom. The molecule has 0 unspecified atom stereocenters. The van der Waals surface area contributed by atoms with Gasteiger partial charge in [0, 0.05) is 17.9 Å². The van der Waals surface area contributed by atoms with Gasteiger partial charge >= 0.3 is 6.18 Å². The van der Waals surface area contributed by atoms with E-state index >= 15 is 0 Å². The van der Waals surface area contributed by atoms with Crippen LogP contribution in [0, 0.1) is 11.6 Å². The molecule has 1 aliphatic heterocycles. The van der Waals surface area contributed by atoms with Gasteiger partial charge in [0.05, 0.1) is 16.6 Å². The number of alkyl halides is 3. The van der Waals surface area contributed by atoms with Crippen molar-refractivity contribution in [3.8, 4) is 5.75 Å². The maximum Gasteiger partial charge on any atom is 0.419 e. The molecule has 3 N–H and O–H groups in total. The van der Waals surface area contributed by atoms with E-state index < -0.39 is 50.2 Å². The summed E-state index contributed by atoms with van der Waals surface area (Å²) >= 11 is 5.58. The molecule has 0 bridgehead atoms. The molecule has 1 fully saturated rings. The van der Waals surface area contributed by atoms with Crippen LogP contribution in [0.2, 0.25) is 11.1 Å². The fraction of sp³-hybridized carbons (Fsp3) is 0.300. The quantitative estimate of drug-likeness (QED) is 0.413. The zero-order valence-electron chi connectivity index (χ0n) is 16.9. The fourth-order valence-electron chi connectivity index (χ4n) is 3.08. The van der Waals surface area contributed by atoms with Gasteiger partial charge in [-0.15, -0.1) is 0 Å². The summed E-state index contributed by atoms with van der Waals surface area (Å²) in [5.74, 6) is -2.91. The molecule has 33 heavy (non-hydrogen) atoms. The number of nitrogens with one attached hydrogen (secondary N) is 3. The smallest absolute Gasteiger partial charge is 0.419 e. The maximum atomic E-state index is 13.4. The topological polar surface area (TPSA) is 79.5 Å². The number of ether oxygens (including phenoxy) is 1. The van der Waals surface area contributed by atoms with Crippen LogP contribution < -0.4 is 20.4 Å². The molecule has 1 atom stereocenters. The van der Waals surface area contributed by atoms with Crippen LogP contribution in [0.25, 0.3) is 0 Å². The third-order valence-electron chi connectivity index (χ3n) is 4.73. The molecular formula is C20H18ClF5N3O3Si. The summed E-state index contributed by atoms with van der Waals surface area (Å²) in [5.41, 5.74) is -1.63. The van der Waals surface area contributed by atoms with Crippen LogP contribution >= 0.6 is 11.6 Å². The first-order valence-electron chi connectivity index (χ1n) is 9.66. The van der Waals surface area contributed by atoms with E-state index in [1.807, 2.05) is 0 Å². The van der Waals surface area contributed by atoms with Crippen molar-refractivity contribution in [1.29, 1.82) is 0 Å². The summed E-state index contributed by atoms with van der Waals surface area (Å²) < 4.78 is 70.5. The zero-order valence-corrected chi connectivity index (χ0v) is 18.6. The molecule has 0 spiro atoms. The monoisotopic (exact) mass is 506 g/mol. The lowest BCUT2D eigenvalue weighted by molar-refractivity contribution is -0.140. The second-order valence-electron chi connectivity index (χ2n) is 7.17. The van der Waals surface area contributed by atoms with Gasteiger partial charge in [0.15, 0.2) is 15.6 Å². The Hall–Kier alpha value is -2.70. The van der Waals surface area contributed by atoms with E-state index in [4.69, 9.17) is 16.3 Å². The number of carbonyl (C=O) groups is 2. The molecule has 1 heterocycles. The minimum absolute atomic E-state index is 0.0654. The molecule has 0 aliphatic carbocycles. The van der Waals surface area contributed by atoms with E-state index in [1.54, 1.807) is 0 Å². The second-order valence-corrected chi connectivity index (χ2v) is 9.89. The molecule has 2 aromatic carbocycles. The van der Waals surface area contributed by atoms with E-state index in [0.717, 1.165) is 12.1 Å². The van der Waals surface area contributed by atoms with Crippen molar-refractivity contribution in [2.75, 3.05) is 18.1 Å². The average molecular weight is 507 g/mol. The van der Waals surface area contributed by atoms with E-state index in [9.17, 15) is 31.5 Å². The van der Waals surface area contributed by atoms with Gasteiger partial charge in [-0.2, -0.15) is 13.2 Å². The first-order chi connectivity index (χ1) is 15.5. The number of halogens is 6. The minimum atomic E-state index is -4.88. The van der Waals surface area contributed by atoms with Crippen LogP contribution in [0.15, 0.2) is 36.4 Å². The zero-order chi connectivity index (χ0) is 24.2. The summed E-state index contributed by atoms with van der Waals surface area (Å²) in [4.78, 5) is 27.3. The highest BCUT2D eigenvalue weighted by Crippen LogP contribution is 2.33. The van der Waals surface area contributed by atoms with Crippen molar-refractivity contribution in [1.82, 2.24) is 10.3 Å². The number of hydrogen-bond acceptors (Lipinski definition) is 4. The molecule has 6 nitrogen and oxygen atoms in total. The van der Waals surface area contributed by atoms with Crippen LogP contribution in [0.3, 0.4) is 0 Å². The summed E-state index contributed by atoms with van der Waals surface area (Å²) in [6.45, 7) is -0.328. The number of rotatable bonds is 6. The summed E-state index contributed by atoms with van der Waals surface area (Å²) in [7, 11) is -1.40. The molecule has 1 saturated heterocycles. The summed E-state index contributed by atoms with van der Waals surface area (Å²) in [5, 5.41) is 5.24. The second kappa shape index (κ2) is 10.5. The van der Waals surface area contributed by atoms with E-state index in [2.05, 4.69) is 15.6 Å². The van der Waals surface area contributed by atoms with Gasteiger partial charge in [-0.1, -0.05) is 11.6 Å². The molecule has 1 radical (unpaired) electrons. The molecule has 0 saturated carbocycles. The Bertz CT molecular complexity index is 1030. The van der Waals surface area contributed by atoms with Crippen LogP contribution in [-0.2, 0) is 15.8 Å². The highest BCUT2D eigenvalue weighted by atomic mass is 35.5. The predicted molar refractivity (Wildman–Crippen MR) is 112 cm³/mol. The molecule has 0 aromatic heterocycles. The fourth-order valence-corrected chi connectivity index (χ4v) is 5.19. The van der Waals surface area contributed by atoms with Crippen LogP contribution in [0.5, 0.6) is 5.75 Å². The van der Waals surface area contributed by atoms with Crippen molar-refractivity contribution < 1.29 is 36.3 Å². The Balaban J connectivity index is 1.45. The number of hydrogen-bond donors (Lipinski definition) is 3. The molecule has 13 heteroatoms. The Labute approximate surface area is 192 Å². The highest BCUT2D eigenvalue weighted by molar-refractivity contribution is 6.59. The summed E-state index contributed by atoms with van der Waals surface area (Å²) in [6, 6.07) is 5.88. The van der Waals surface area contributed by atoms with Crippen LogP contribution in [-0.4, -0.2) is 39.6 Å². The van der Waals surface area contributed by atoms with Crippen molar-refractivity contribution >= 4 is 38.1 Å². The number of benzene rings is 2. The van der Waals surface area contributed by atoms with Crippen molar-refractivity contribution in [2.45, 2.75) is 24.7 Å². The molecule has 1 aliphatic rings. The van der Waals surface area contributed by atoms with E-state index in [-0.39, 0.29) is 23.1 Å². The van der Waals surface area contributed by atoms with Gasteiger partial charge in [0.25, 0.3) is 0 Å². The standard InChI is InChI=1S/C20H18ClF5N3O3Si/c21-14-3-2-12(8-16(14)23)32-9-18(30)29-33-6-5-17(27-10-33)19(31)28-11-1-4-15(22)13(7-11)20(24,25)26/h1-4,7-8,17,27H,5-6,9-10H2,(H,28,31)(H,29,30)/t17-/m1/s1. The average Bonchev–Trinajstić information content (AvgIpc) is 2.75. The largest absolute Gasteiger partial charge is 0.484 e. The van der Waals surface area contributed by atoms with Gasteiger partial charge in [-0.3, -0.25) is 9.59 Å². The van der Waals surface area contributed by atoms with Crippen molar-refractivity contribution in [3.05, 3.63) is 58.6 Å². The van der Waals surface area contributed by atoms with Crippen molar-refractivity contribution in [2.24, 2.45) is 0 Å². The molecule has 177 valence electrons. The lowest BCUT2D eigenvalue weighted by Crippen LogP contribution is -2.56. The summed E-state index contributed by atoms with van der Waals surface area (Å²) in [6.07, 6.45) is -4.20. The first kappa shape index (κ1) is 24.9. The molecular weight excluding hydrogens is 489 g/mol. The minimum Gasteiger partial charge on any atom is -0.484 e. The van der Waals surface area contributed by atoms with Gasteiger partial charge in [-0.25, -0.2) is 8.78 Å². The van der Waals surface area contributed by atoms with E-state index in [0.29, 0.717) is 30.8 Å².